The second-order valence-electron chi connectivity index (χ2n) is 4.76. The van der Waals surface area contributed by atoms with Crippen molar-refractivity contribution in [1.82, 2.24) is 5.48 Å². The standard InChI is InChI=1S/C13H16FNO3/c1-16-12-7-17-8-13(10(12)6-18-15-13)9-4-2-3-5-11(9)14/h2-5,10,12,15H,6-8H2,1H3/t10?,12-,13+/m0/s1. The van der Waals surface area contributed by atoms with Crippen molar-refractivity contribution in [3.8, 4) is 0 Å². The summed E-state index contributed by atoms with van der Waals surface area (Å²) in [7, 11) is 1.64. The summed E-state index contributed by atoms with van der Waals surface area (Å²) in [5.41, 5.74) is 2.88. The minimum absolute atomic E-state index is 0.0492. The van der Waals surface area contributed by atoms with Crippen LogP contribution in [0.5, 0.6) is 0 Å². The Kier molecular flexibility index (Phi) is 3.07. The fourth-order valence-corrected chi connectivity index (χ4v) is 2.88. The van der Waals surface area contributed by atoms with Gasteiger partial charge in [-0.15, -0.1) is 0 Å². The number of hydroxylamine groups is 1. The van der Waals surface area contributed by atoms with Gasteiger partial charge in [-0.2, -0.15) is 5.48 Å². The molecule has 2 saturated heterocycles. The number of ether oxygens (including phenoxy) is 2. The molecule has 18 heavy (non-hydrogen) atoms. The average molecular weight is 253 g/mol. The van der Waals surface area contributed by atoms with Crippen LogP contribution in [0.15, 0.2) is 24.3 Å². The highest BCUT2D eigenvalue weighted by Gasteiger charge is 2.53. The maximum atomic E-state index is 14.0. The largest absolute Gasteiger partial charge is 0.379 e. The Labute approximate surface area is 105 Å². The first-order valence-corrected chi connectivity index (χ1v) is 6.02. The van der Waals surface area contributed by atoms with Crippen LogP contribution in [0.4, 0.5) is 4.39 Å². The molecule has 98 valence electrons. The van der Waals surface area contributed by atoms with Crippen LogP contribution in [-0.2, 0) is 19.9 Å². The van der Waals surface area contributed by atoms with E-state index in [1.54, 1.807) is 19.2 Å². The number of hydrogen-bond acceptors (Lipinski definition) is 4. The second-order valence-corrected chi connectivity index (χ2v) is 4.76. The van der Waals surface area contributed by atoms with Crippen molar-refractivity contribution in [2.24, 2.45) is 5.92 Å². The number of methoxy groups -OCH3 is 1. The Bertz CT molecular complexity index is 442. The molecule has 3 atom stereocenters. The lowest BCUT2D eigenvalue weighted by Gasteiger charge is -2.41. The number of halogens is 1. The zero-order valence-electron chi connectivity index (χ0n) is 10.2. The van der Waals surface area contributed by atoms with E-state index < -0.39 is 5.54 Å². The van der Waals surface area contributed by atoms with Crippen LogP contribution in [0, 0.1) is 11.7 Å². The van der Waals surface area contributed by atoms with Crippen molar-refractivity contribution >= 4 is 0 Å². The minimum Gasteiger partial charge on any atom is -0.379 e. The Hall–Kier alpha value is -1.01. The zero-order chi connectivity index (χ0) is 12.6. The lowest BCUT2D eigenvalue weighted by Crippen LogP contribution is -2.55. The van der Waals surface area contributed by atoms with Gasteiger partial charge in [0.05, 0.1) is 25.9 Å². The van der Waals surface area contributed by atoms with E-state index >= 15 is 0 Å². The molecule has 1 N–H and O–H groups in total. The van der Waals surface area contributed by atoms with E-state index in [9.17, 15) is 4.39 Å². The van der Waals surface area contributed by atoms with Crippen LogP contribution in [0.2, 0.25) is 0 Å². The highest BCUT2D eigenvalue weighted by atomic mass is 19.1. The quantitative estimate of drug-likeness (QED) is 0.860. The summed E-state index contributed by atoms with van der Waals surface area (Å²) in [5, 5.41) is 0. The van der Waals surface area contributed by atoms with Crippen molar-refractivity contribution < 1.29 is 18.7 Å². The van der Waals surface area contributed by atoms with Crippen LogP contribution in [-0.4, -0.2) is 33.0 Å². The van der Waals surface area contributed by atoms with Crippen LogP contribution in [0.1, 0.15) is 5.56 Å². The molecular weight excluding hydrogens is 237 g/mol. The maximum Gasteiger partial charge on any atom is 0.128 e. The van der Waals surface area contributed by atoms with Gasteiger partial charge < -0.3 is 14.3 Å². The number of fused-ring (bicyclic) bond motifs is 1. The predicted molar refractivity (Wildman–Crippen MR) is 62.3 cm³/mol. The molecule has 0 aliphatic carbocycles. The molecule has 0 spiro atoms. The third kappa shape index (κ3) is 1.66. The summed E-state index contributed by atoms with van der Waals surface area (Å²) in [5.74, 6) is -0.200. The van der Waals surface area contributed by atoms with Crippen molar-refractivity contribution in [2.75, 3.05) is 26.9 Å². The normalized spacial score (nSPS) is 35.4. The smallest absolute Gasteiger partial charge is 0.128 e. The van der Waals surface area contributed by atoms with Gasteiger partial charge in [0.25, 0.3) is 0 Å². The summed E-state index contributed by atoms with van der Waals surface area (Å²) < 4.78 is 25.0. The average Bonchev–Trinajstić information content (AvgIpc) is 2.83. The molecule has 2 fully saturated rings. The molecule has 0 radical (unpaired) electrons. The molecule has 2 aliphatic rings. The van der Waals surface area contributed by atoms with Crippen molar-refractivity contribution in [1.29, 1.82) is 0 Å². The fourth-order valence-electron chi connectivity index (χ4n) is 2.88. The van der Waals surface area contributed by atoms with Gasteiger partial charge >= 0.3 is 0 Å². The van der Waals surface area contributed by atoms with Crippen molar-refractivity contribution in [3.05, 3.63) is 35.6 Å². The zero-order valence-corrected chi connectivity index (χ0v) is 10.2. The molecule has 5 heteroatoms. The molecule has 1 unspecified atom stereocenters. The summed E-state index contributed by atoms with van der Waals surface area (Å²) in [6, 6.07) is 6.72. The predicted octanol–water partition coefficient (Wildman–Crippen LogP) is 1.22. The Balaban J connectivity index is 2.04. The van der Waals surface area contributed by atoms with E-state index in [1.165, 1.54) is 6.07 Å². The number of nitrogens with one attached hydrogen (secondary N) is 1. The molecule has 0 amide bonds. The van der Waals surface area contributed by atoms with Gasteiger partial charge in [0.1, 0.15) is 11.4 Å². The second kappa shape index (κ2) is 4.59. The van der Waals surface area contributed by atoms with Crippen molar-refractivity contribution in [2.45, 2.75) is 11.6 Å². The molecule has 2 heterocycles. The number of hydrogen-bond donors (Lipinski definition) is 1. The molecule has 0 aromatic heterocycles. The Morgan fingerprint density at radius 2 is 2.22 bits per heavy atom. The topological polar surface area (TPSA) is 39.7 Å². The van der Waals surface area contributed by atoms with E-state index in [4.69, 9.17) is 14.3 Å². The third-order valence-corrected chi connectivity index (χ3v) is 3.87. The van der Waals surface area contributed by atoms with Gasteiger partial charge in [-0.3, -0.25) is 0 Å². The summed E-state index contributed by atoms with van der Waals surface area (Å²) in [6.07, 6.45) is -0.0895. The molecule has 0 saturated carbocycles. The third-order valence-electron chi connectivity index (χ3n) is 3.87. The van der Waals surface area contributed by atoms with E-state index in [1.807, 2.05) is 6.07 Å². The highest BCUT2D eigenvalue weighted by molar-refractivity contribution is 5.29. The van der Waals surface area contributed by atoms with Crippen LogP contribution < -0.4 is 5.48 Å². The van der Waals surface area contributed by atoms with Crippen LogP contribution in [0.25, 0.3) is 0 Å². The SMILES string of the molecule is CO[C@H]1COC[C@]2(c3ccccc3F)NOCC12. The van der Waals surface area contributed by atoms with Gasteiger partial charge in [0.15, 0.2) is 0 Å². The summed E-state index contributed by atoms with van der Waals surface area (Å²) >= 11 is 0. The lowest BCUT2D eigenvalue weighted by atomic mass is 9.76. The summed E-state index contributed by atoms with van der Waals surface area (Å²) in [4.78, 5) is 5.36. The van der Waals surface area contributed by atoms with Gasteiger partial charge in [-0.05, 0) is 6.07 Å². The number of benzene rings is 1. The van der Waals surface area contributed by atoms with Gasteiger partial charge in [0, 0.05) is 18.6 Å². The number of rotatable bonds is 2. The molecular formula is C13H16FNO3. The monoisotopic (exact) mass is 253 g/mol. The minimum atomic E-state index is -0.649. The summed E-state index contributed by atoms with van der Waals surface area (Å²) in [6.45, 7) is 1.40. The molecule has 0 bridgehead atoms. The Morgan fingerprint density at radius 1 is 1.39 bits per heavy atom. The first-order chi connectivity index (χ1) is 8.78. The van der Waals surface area contributed by atoms with Crippen LogP contribution in [0.3, 0.4) is 0 Å². The van der Waals surface area contributed by atoms with Gasteiger partial charge in [-0.1, -0.05) is 18.2 Å². The molecule has 3 rings (SSSR count). The molecule has 2 aliphatic heterocycles. The molecule has 4 nitrogen and oxygen atoms in total. The molecule has 1 aromatic carbocycles. The van der Waals surface area contributed by atoms with E-state index in [-0.39, 0.29) is 17.8 Å². The molecule has 1 aromatic rings. The van der Waals surface area contributed by atoms with Gasteiger partial charge in [-0.25, -0.2) is 4.39 Å². The van der Waals surface area contributed by atoms with Crippen molar-refractivity contribution in [3.63, 3.8) is 0 Å². The van der Waals surface area contributed by atoms with Gasteiger partial charge in [0.2, 0.25) is 0 Å². The van der Waals surface area contributed by atoms with E-state index in [0.717, 1.165) is 0 Å². The van der Waals surface area contributed by atoms with Crippen LogP contribution >= 0.6 is 0 Å². The van der Waals surface area contributed by atoms with E-state index in [0.29, 0.717) is 25.4 Å². The van der Waals surface area contributed by atoms with E-state index in [2.05, 4.69) is 5.48 Å². The first-order valence-electron chi connectivity index (χ1n) is 6.02. The lowest BCUT2D eigenvalue weighted by molar-refractivity contribution is -0.105. The Morgan fingerprint density at radius 3 is 3.00 bits per heavy atom. The highest BCUT2D eigenvalue weighted by Crippen LogP contribution is 2.41. The maximum absolute atomic E-state index is 14.0. The fraction of sp³-hybridized carbons (Fsp3) is 0.538. The first kappa shape index (κ1) is 12.0.